The first-order valence-electron chi connectivity index (χ1n) is 7.63. The zero-order chi connectivity index (χ0) is 20.0. The Bertz CT molecular complexity index is 272. The third-order valence-electron chi connectivity index (χ3n) is 1.78. The SMILES string of the molecule is CC(=O)CC(=O)[O-].CC(=O)CC(=O)[O-].CCCC[O-].CCCC[O-].[Ti+4]. The smallest absolute Gasteiger partial charge is 0.854 e. The van der Waals surface area contributed by atoms with Crippen LogP contribution in [0.15, 0.2) is 0 Å². The molecule has 0 aromatic carbocycles. The van der Waals surface area contributed by atoms with E-state index in [2.05, 4.69) is 0 Å². The van der Waals surface area contributed by atoms with Gasteiger partial charge in [-0.05, 0) is 13.8 Å². The van der Waals surface area contributed by atoms with Crippen molar-refractivity contribution in [3.63, 3.8) is 0 Å². The number of carbonyl (C=O) groups excluding carboxylic acids is 4. The van der Waals surface area contributed by atoms with Crippen molar-refractivity contribution in [3.05, 3.63) is 0 Å². The number of unbranched alkanes of at least 4 members (excludes halogenated alkanes) is 2. The summed E-state index contributed by atoms with van der Waals surface area (Å²) in [5.74, 6) is -3.37. The number of hydrogen-bond donors (Lipinski definition) is 0. The van der Waals surface area contributed by atoms with Gasteiger partial charge in [0.2, 0.25) is 0 Å². The Hall–Kier alpha value is -1.09. The fraction of sp³-hybridized carbons (Fsp3) is 0.750. The summed E-state index contributed by atoms with van der Waals surface area (Å²) in [5, 5.41) is 38.0. The Morgan fingerprint density at radius 3 is 0.920 bits per heavy atom. The Kier molecular flexibility index (Phi) is 43.2. The summed E-state index contributed by atoms with van der Waals surface area (Å²) in [6.45, 7) is 6.62. The molecule has 0 spiro atoms. The van der Waals surface area contributed by atoms with Crippen LogP contribution in [-0.4, -0.2) is 36.7 Å². The van der Waals surface area contributed by atoms with Gasteiger partial charge in [-0.25, -0.2) is 0 Å². The molecule has 0 N–H and O–H groups in total. The number of ketones is 2. The molecule has 0 rings (SSSR count). The zero-order valence-electron chi connectivity index (χ0n) is 15.4. The van der Waals surface area contributed by atoms with E-state index in [0.29, 0.717) is 0 Å². The summed E-state index contributed by atoms with van der Waals surface area (Å²) in [6, 6.07) is 0. The number of carboxylic acids is 2. The molecule has 144 valence electrons. The van der Waals surface area contributed by atoms with Gasteiger partial charge in [0.25, 0.3) is 0 Å². The van der Waals surface area contributed by atoms with Gasteiger partial charge in [-0.1, -0.05) is 39.5 Å². The third-order valence-corrected chi connectivity index (χ3v) is 1.78. The minimum Gasteiger partial charge on any atom is -0.854 e. The predicted molar refractivity (Wildman–Crippen MR) is 80.2 cm³/mol. The van der Waals surface area contributed by atoms with E-state index in [1.165, 1.54) is 13.8 Å². The van der Waals surface area contributed by atoms with Crippen LogP contribution >= 0.6 is 0 Å². The number of Topliss-reactive ketones (excluding diaryl/α,β-unsaturated/α-hetero) is 2. The van der Waals surface area contributed by atoms with E-state index in [0.717, 1.165) is 25.7 Å². The van der Waals surface area contributed by atoms with E-state index in [-0.39, 0.29) is 46.5 Å². The van der Waals surface area contributed by atoms with Crippen LogP contribution < -0.4 is 20.4 Å². The fourth-order valence-corrected chi connectivity index (χ4v) is 0.695. The number of rotatable bonds is 8. The van der Waals surface area contributed by atoms with Crippen LogP contribution in [0.3, 0.4) is 0 Å². The number of carboxylic acid groups (broad SMARTS) is 2. The fourth-order valence-electron chi connectivity index (χ4n) is 0.695. The molecule has 0 radical (unpaired) electrons. The second-order valence-electron chi connectivity index (χ2n) is 4.62. The topological polar surface area (TPSA) is 161 Å². The van der Waals surface area contributed by atoms with Gasteiger partial charge in [0.15, 0.2) is 0 Å². The summed E-state index contributed by atoms with van der Waals surface area (Å²) in [7, 11) is 0. The van der Waals surface area contributed by atoms with Gasteiger partial charge in [0, 0.05) is 24.8 Å². The van der Waals surface area contributed by atoms with Crippen molar-refractivity contribution >= 4 is 23.5 Å². The van der Waals surface area contributed by atoms with Gasteiger partial charge in [-0.3, -0.25) is 9.59 Å². The quantitative estimate of drug-likeness (QED) is 0.328. The predicted octanol–water partition coefficient (Wildman–Crippen LogP) is -2.28. The first kappa shape index (κ1) is 35.1. The molecule has 0 heterocycles. The Morgan fingerprint density at radius 1 is 0.680 bits per heavy atom. The molecule has 0 bridgehead atoms. The first-order valence-corrected chi connectivity index (χ1v) is 7.63. The maximum atomic E-state index is 9.83. The van der Waals surface area contributed by atoms with Crippen LogP contribution in [0, 0.1) is 0 Å². The molecule has 0 aliphatic heterocycles. The molecule has 0 aromatic heterocycles. The summed E-state index contributed by atoms with van der Waals surface area (Å²) in [5.41, 5.74) is 0. The first-order chi connectivity index (χ1) is 11.1. The van der Waals surface area contributed by atoms with E-state index in [1.807, 2.05) is 13.8 Å². The second-order valence-corrected chi connectivity index (χ2v) is 4.62. The van der Waals surface area contributed by atoms with Crippen molar-refractivity contribution in [2.75, 3.05) is 13.2 Å². The Balaban J connectivity index is -0.0000000711. The molecule has 0 fully saturated rings. The van der Waals surface area contributed by atoms with Crippen LogP contribution in [-0.2, 0) is 40.9 Å². The van der Waals surface area contributed by atoms with Crippen molar-refractivity contribution in [2.45, 2.75) is 66.2 Å². The molecule has 0 aliphatic carbocycles. The van der Waals surface area contributed by atoms with E-state index < -0.39 is 24.8 Å². The Morgan fingerprint density at radius 2 is 0.920 bits per heavy atom. The van der Waals surface area contributed by atoms with E-state index >= 15 is 0 Å². The van der Waals surface area contributed by atoms with Crippen LogP contribution in [0.25, 0.3) is 0 Å². The zero-order valence-corrected chi connectivity index (χ0v) is 17.0. The molecule has 0 amide bonds. The summed E-state index contributed by atoms with van der Waals surface area (Å²) in [6.07, 6.45) is 2.78. The van der Waals surface area contributed by atoms with Crippen molar-refractivity contribution in [1.82, 2.24) is 0 Å². The van der Waals surface area contributed by atoms with Crippen LogP contribution in [0.4, 0.5) is 0 Å². The maximum Gasteiger partial charge on any atom is 4.00 e. The molecule has 8 nitrogen and oxygen atoms in total. The summed E-state index contributed by atoms with van der Waals surface area (Å²) < 4.78 is 0. The normalized spacial score (nSPS) is 7.92. The molecular weight excluding hydrogens is 368 g/mol. The van der Waals surface area contributed by atoms with Crippen LogP contribution in [0.1, 0.15) is 66.2 Å². The van der Waals surface area contributed by atoms with Gasteiger partial charge < -0.3 is 30.0 Å². The summed E-state index contributed by atoms with van der Waals surface area (Å²) in [4.78, 5) is 38.6. The van der Waals surface area contributed by atoms with Gasteiger partial charge in [-0.2, -0.15) is 0 Å². The molecule has 0 saturated carbocycles. The minimum atomic E-state index is -1.31. The van der Waals surface area contributed by atoms with Crippen molar-refractivity contribution < 1.29 is 61.3 Å². The minimum absolute atomic E-state index is 0. The average Bonchev–Trinajstić information content (AvgIpc) is 2.39. The van der Waals surface area contributed by atoms with Crippen LogP contribution in [0.2, 0.25) is 0 Å². The van der Waals surface area contributed by atoms with Crippen molar-refractivity contribution in [1.29, 1.82) is 0 Å². The standard InChI is InChI=1S/2C4H6O3.2C4H9O.Ti/c2*1-3(5)2-4(6)7;2*1-2-3-4-5;/h2*2H2,1H3,(H,6,7);2*2-4H2,1H3;/q;;2*-1;+4/p-2. The second kappa shape index (κ2) is 30.8. The molecule has 25 heavy (non-hydrogen) atoms. The number of aliphatic carboxylic acids is 2. The number of hydrogen-bond acceptors (Lipinski definition) is 8. The van der Waals surface area contributed by atoms with E-state index in [4.69, 9.17) is 0 Å². The van der Waals surface area contributed by atoms with Crippen molar-refractivity contribution in [3.8, 4) is 0 Å². The summed E-state index contributed by atoms with van der Waals surface area (Å²) >= 11 is 0. The molecule has 0 saturated heterocycles. The third kappa shape index (κ3) is 84.1. The van der Waals surface area contributed by atoms with Gasteiger partial charge >= 0.3 is 21.7 Å². The van der Waals surface area contributed by atoms with Gasteiger partial charge in [0.05, 0.1) is 0 Å². The molecule has 0 aliphatic rings. The average molecular weight is 396 g/mol. The van der Waals surface area contributed by atoms with Crippen LogP contribution in [0.5, 0.6) is 0 Å². The van der Waals surface area contributed by atoms with Crippen molar-refractivity contribution in [2.24, 2.45) is 0 Å². The van der Waals surface area contributed by atoms with Gasteiger partial charge in [0.1, 0.15) is 11.6 Å². The largest absolute Gasteiger partial charge is 4.00 e. The van der Waals surface area contributed by atoms with E-state index in [1.54, 1.807) is 0 Å². The Labute approximate surface area is 164 Å². The molecule has 0 aromatic rings. The molecular formula is C16H28O8Ti. The molecule has 9 heteroatoms. The van der Waals surface area contributed by atoms with Gasteiger partial charge in [-0.15, -0.1) is 13.2 Å². The monoisotopic (exact) mass is 396 g/mol. The van der Waals surface area contributed by atoms with E-state index in [9.17, 15) is 39.6 Å². The molecule has 0 atom stereocenters. The maximum absolute atomic E-state index is 9.83. The number of carbonyl (C=O) groups is 4. The molecule has 0 unspecified atom stereocenters.